The van der Waals surface area contributed by atoms with Crippen molar-refractivity contribution < 1.29 is 19.1 Å². The van der Waals surface area contributed by atoms with E-state index in [1.54, 1.807) is 6.92 Å². The van der Waals surface area contributed by atoms with Gasteiger partial charge in [0.2, 0.25) is 0 Å². The lowest BCUT2D eigenvalue weighted by Gasteiger charge is -2.22. The van der Waals surface area contributed by atoms with Gasteiger partial charge in [0, 0.05) is 13.2 Å². The van der Waals surface area contributed by atoms with Crippen LogP contribution in [0.1, 0.15) is 26.2 Å². The third-order valence-electron chi connectivity index (χ3n) is 2.46. The average molecular weight is 244 g/mol. The van der Waals surface area contributed by atoms with Gasteiger partial charge in [0.15, 0.2) is 0 Å². The molecule has 1 saturated heterocycles. The van der Waals surface area contributed by atoms with Gasteiger partial charge < -0.3 is 20.1 Å². The number of hydrogen-bond acceptors (Lipinski definition) is 4. The fourth-order valence-electron chi connectivity index (χ4n) is 1.60. The molecule has 0 bridgehead atoms. The number of urea groups is 1. The molecule has 0 aromatic heterocycles. The predicted molar refractivity (Wildman–Crippen MR) is 61.6 cm³/mol. The molecule has 0 aromatic carbocycles. The highest BCUT2D eigenvalue weighted by Gasteiger charge is 2.14. The molecule has 1 unspecified atom stereocenters. The number of carbonyl (C=O) groups excluding carboxylic acids is 2. The molecule has 0 radical (unpaired) electrons. The van der Waals surface area contributed by atoms with Gasteiger partial charge in [-0.05, 0) is 26.2 Å². The Bertz CT molecular complexity index is 252. The van der Waals surface area contributed by atoms with E-state index < -0.39 is 5.97 Å². The molecular formula is C11H20N2O4. The van der Waals surface area contributed by atoms with Crippen LogP contribution in [-0.4, -0.2) is 44.4 Å². The van der Waals surface area contributed by atoms with Crippen molar-refractivity contribution in [1.29, 1.82) is 0 Å². The highest BCUT2D eigenvalue weighted by atomic mass is 16.5. The van der Waals surface area contributed by atoms with Crippen LogP contribution in [-0.2, 0) is 14.3 Å². The standard InChI is InChI=1S/C11H20N2O4/c1-2-16-10(14)8-13-11(15)12-7-9-5-3-4-6-17-9/h9H,2-8H2,1H3,(H2,12,13,15). The van der Waals surface area contributed by atoms with Crippen molar-refractivity contribution >= 4 is 12.0 Å². The number of rotatable bonds is 5. The molecule has 17 heavy (non-hydrogen) atoms. The normalized spacial score (nSPS) is 19.5. The van der Waals surface area contributed by atoms with Gasteiger partial charge in [0.1, 0.15) is 6.54 Å². The summed E-state index contributed by atoms with van der Waals surface area (Å²) in [6.07, 6.45) is 3.29. The molecule has 98 valence electrons. The zero-order chi connectivity index (χ0) is 12.5. The maximum Gasteiger partial charge on any atom is 0.325 e. The first-order valence-corrected chi connectivity index (χ1v) is 6.01. The summed E-state index contributed by atoms with van der Waals surface area (Å²) >= 11 is 0. The van der Waals surface area contributed by atoms with E-state index in [0.717, 1.165) is 25.9 Å². The Kier molecular flexibility index (Phi) is 6.39. The lowest BCUT2D eigenvalue weighted by molar-refractivity contribution is -0.141. The van der Waals surface area contributed by atoms with Gasteiger partial charge in [0.05, 0.1) is 12.7 Å². The second-order valence-corrected chi connectivity index (χ2v) is 3.86. The summed E-state index contributed by atoms with van der Waals surface area (Å²) in [6.45, 7) is 3.17. The first kappa shape index (κ1) is 13.8. The van der Waals surface area contributed by atoms with Crippen molar-refractivity contribution in [3.63, 3.8) is 0 Å². The van der Waals surface area contributed by atoms with E-state index in [-0.39, 0.29) is 18.7 Å². The first-order valence-electron chi connectivity index (χ1n) is 6.01. The molecule has 1 rings (SSSR count). The smallest absolute Gasteiger partial charge is 0.325 e. The Morgan fingerprint density at radius 1 is 1.35 bits per heavy atom. The summed E-state index contributed by atoms with van der Waals surface area (Å²) in [5.41, 5.74) is 0. The summed E-state index contributed by atoms with van der Waals surface area (Å²) < 4.78 is 10.1. The van der Waals surface area contributed by atoms with Gasteiger partial charge in [-0.25, -0.2) is 4.79 Å². The molecule has 6 heteroatoms. The van der Waals surface area contributed by atoms with Gasteiger partial charge in [-0.3, -0.25) is 4.79 Å². The summed E-state index contributed by atoms with van der Waals surface area (Å²) in [4.78, 5) is 22.3. The van der Waals surface area contributed by atoms with Crippen LogP contribution in [0.25, 0.3) is 0 Å². The summed E-state index contributed by atoms with van der Waals surface area (Å²) in [7, 11) is 0. The topological polar surface area (TPSA) is 76.7 Å². The van der Waals surface area contributed by atoms with Crippen LogP contribution >= 0.6 is 0 Å². The molecule has 0 spiro atoms. The van der Waals surface area contributed by atoms with Crippen LogP contribution in [0, 0.1) is 0 Å². The van der Waals surface area contributed by atoms with Gasteiger partial charge in [-0.2, -0.15) is 0 Å². The molecule has 2 N–H and O–H groups in total. The quantitative estimate of drug-likeness (QED) is 0.687. The monoisotopic (exact) mass is 244 g/mol. The SMILES string of the molecule is CCOC(=O)CNC(=O)NCC1CCCCO1. The third-order valence-corrected chi connectivity index (χ3v) is 2.46. The fourth-order valence-corrected chi connectivity index (χ4v) is 1.60. The Morgan fingerprint density at radius 2 is 2.18 bits per heavy atom. The number of ether oxygens (including phenoxy) is 2. The van der Waals surface area contributed by atoms with Gasteiger partial charge >= 0.3 is 12.0 Å². The molecule has 0 saturated carbocycles. The molecule has 6 nitrogen and oxygen atoms in total. The van der Waals surface area contributed by atoms with Crippen molar-refractivity contribution in [3.05, 3.63) is 0 Å². The third kappa shape index (κ3) is 6.11. The Hall–Kier alpha value is -1.30. The molecule has 1 aliphatic rings. The van der Waals surface area contributed by atoms with E-state index >= 15 is 0 Å². The molecule has 2 amide bonds. The van der Waals surface area contributed by atoms with Crippen molar-refractivity contribution in [3.8, 4) is 0 Å². The molecular weight excluding hydrogens is 224 g/mol. The van der Waals surface area contributed by atoms with E-state index in [0.29, 0.717) is 13.2 Å². The summed E-state index contributed by atoms with van der Waals surface area (Å²) in [5.74, 6) is -0.434. The van der Waals surface area contributed by atoms with Crippen LogP contribution in [0.3, 0.4) is 0 Å². The molecule has 1 heterocycles. The van der Waals surface area contributed by atoms with Gasteiger partial charge in [0.25, 0.3) is 0 Å². The van der Waals surface area contributed by atoms with E-state index in [2.05, 4.69) is 15.4 Å². The van der Waals surface area contributed by atoms with Crippen LogP contribution in [0.2, 0.25) is 0 Å². The Labute approximate surface area is 101 Å². The van der Waals surface area contributed by atoms with Crippen molar-refractivity contribution in [2.24, 2.45) is 0 Å². The van der Waals surface area contributed by atoms with Crippen LogP contribution in [0.15, 0.2) is 0 Å². The highest BCUT2D eigenvalue weighted by molar-refractivity contribution is 5.80. The predicted octanol–water partition coefficient (Wildman–Crippen LogP) is 0.418. The molecule has 0 aromatic rings. The highest BCUT2D eigenvalue weighted by Crippen LogP contribution is 2.11. The minimum atomic E-state index is -0.434. The lowest BCUT2D eigenvalue weighted by atomic mass is 10.1. The van der Waals surface area contributed by atoms with E-state index in [4.69, 9.17) is 4.74 Å². The van der Waals surface area contributed by atoms with Crippen LogP contribution in [0.5, 0.6) is 0 Å². The molecule has 1 aliphatic heterocycles. The van der Waals surface area contributed by atoms with E-state index in [1.165, 1.54) is 0 Å². The van der Waals surface area contributed by atoms with Gasteiger partial charge in [-0.1, -0.05) is 0 Å². The minimum absolute atomic E-state index is 0.0945. The lowest BCUT2D eigenvalue weighted by Crippen LogP contribution is -2.43. The second-order valence-electron chi connectivity index (χ2n) is 3.86. The molecule has 1 atom stereocenters. The number of hydrogen-bond donors (Lipinski definition) is 2. The van der Waals surface area contributed by atoms with Crippen molar-refractivity contribution in [2.75, 3.05) is 26.3 Å². The van der Waals surface area contributed by atoms with E-state index in [1.807, 2.05) is 0 Å². The Morgan fingerprint density at radius 3 is 2.82 bits per heavy atom. The number of amides is 2. The first-order chi connectivity index (χ1) is 8.22. The molecule has 0 aliphatic carbocycles. The number of carbonyl (C=O) groups is 2. The van der Waals surface area contributed by atoms with Crippen molar-refractivity contribution in [2.45, 2.75) is 32.3 Å². The summed E-state index contributed by atoms with van der Waals surface area (Å²) in [5, 5.41) is 5.09. The largest absolute Gasteiger partial charge is 0.465 e. The average Bonchev–Trinajstić information content (AvgIpc) is 2.35. The Balaban J connectivity index is 2.06. The fraction of sp³-hybridized carbons (Fsp3) is 0.818. The van der Waals surface area contributed by atoms with Crippen LogP contribution in [0.4, 0.5) is 4.79 Å². The second kappa shape index (κ2) is 7.89. The number of nitrogens with one attached hydrogen (secondary N) is 2. The van der Waals surface area contributed by atoms with Crippen molar-refractivity contribution in [1.82, 2.24) is 10.6 Å². The van der Waals surface area contributed by atoms with E-state index in [9.17, 15) is 9.59 Å². The van der Waals surface area contributed by atoms with Gasteiger partial charge in [-0.15, -0.1) is 0 Å². The number of esters is 1. The molecule has 1 fully saturated rings. The maximum absolute atomic E-state index is 11.3. The maximum atomic E-state index is 11.3. The zero-order valence-corrected chi connectivity index (χ0v) is 10.2. The zero-order valence-electron chi connectivity index (χ0n) is 10.2. The minimum Gasteiger partial charge on any atom is -0.465 e. The summed E-state index contributed by atoms with van der Waals surface area (Å²) in [6, 6.07) is -0.368. The van der Waals surface area contributed by atoms with Crippen LogP contribution < -0.4 is 10.6 Å².